The minimum Gasteiger partial charge on any atom is -0.481 e. The molecule has 7 heteroatoms. The second-order valence-electron chi connectivity index (χ2n) is 6.91. The third-order valence-corrected chi connectivity index (χ3v) is 6.03. The molecule has 1 N–H and O–H groups in total. The summed E-state index contributed by atoms with van der Waals surface area (Å²) in [5, 5.41) is 9.78. The van der Waals surface area contributed by atoms with Crippen molar-refractivity contribution in [2.24, 2.45) is 0 Å². The number of aliphatic carboxylic acids is 1. The van der Waals surface area contributed by atoms with Gasteiger partial charge in [0.25, 0.3) is 5.91 Å². The number of rotatable bonds is 6. The van der Waals surface area contributed by atoms with E-state index in [9.17, 15) is 14.0 Å². The summed E-state index contributed by atoms with van der Waals surface area (Å²) >= 11 is 1.37. The summed E-state index contributed by atoms with van der Waals surface area (Å²) in [5.41, 5.74) is 1.64. The lowest BCUT2D eigenvalue weighted by Crippen LogP contribution is -2.43. The second-order valence-corrected chi connectivity index (χ2v) is 7.99. The highest BCUT2D eigenvalue weighted by atomic mass is 32.1. The molecule has 0 bridgehead atoms. The Hall–Kier alpha value is -2.28. The van der Waals surface area contributed by atoms with E-state index in [2.05, 4.69) is 4.98 Å². The fourth-order valence-electron chi connectivity index (χ4n) is 3.49. The molecular formula is C20H23FN2O3S. The molecule has 2 heterocycles. The van der Waals surface area contributed by atoms with Gasteiger partial charge in [-0.25, -0.2) is 9.37 Å². The van der Waals surface area contributed by atoms with Crippen LogP contribution >= 0.6 is 11.3 Å². The first-order valence-electron chi connectivity index (χ1n) is 9.17. The number of carbonyl (C=O) groups excluding carboxylic acids is 1. The van der Waals surface area contributed by atoms with Gasteiger partial charge < -0.3 is 10.0 Å². The van der Waals surface area contributed by atoms with Crippen LogP contribution < -0.4 is 0 Å². The van der Waals surface area contributed by atoms with Gasteiger partial charge in [0.2, 0.25) is 0 Å². The zero-order valence-electron chi connectivity index (χ0n) is 15.3. The predicted octanol–water partition coefficient (Wildman–Crippen LogP) is 4.04. The van der Waals surface area contributed by atoms with Crippen LogP contribution in [0, 0.1) is 12.7 Å². The van der Waals surface area contributed by atoms with Crippen molar-refractivity contribution in [2.45, 2.75) is 51.5 Å². The Bertz CT molecular complexity index is 819. The van der Waals surface area contributed by atoms with E-state index in [0.29, 0.717) is 30.0 Å². The summed E-state index contributed by atoms with van der Waals surface area (Å²) < 4.78 is 13.1. The summed E-state index contributed by atoms with van der Waals surface area (Å²) in [6.07, 6.45) is 3.93. The van der Waals surface area contributed by atoms with Gasteiger partial charge in [-0.2, -0.15) is 0 Å². The maximum Gasteiger partial charge on any atom is 0.303 e. The van der Waals surface area contributed by atoms with Crippen LogP contribution in [-0.4, -0.2) is 39.5 Å². The molecule has 1 fully saturated rings. The molecule has 1 aromatic carbocycles. The van der Waals surface area contributed by atoms with E-state index in [1.165, 1.54) is 23.5 Å². The third kappa shape index (κ3) is 4.91. The van der Waals surface area contributed by atoms with Gasteiger partial charge in [-0.1, -0.05) is 12.1 Å². The number of carboxylic acid groups (broad SMARTS) is 1. The zero-order chi connectivity index (χ0) is 19.4. The van der Waals surface area contributed by atoms with Gasteiger partial charge in [0, 0.05) is 25.4 Å². The van der Waals surface area contributed by atoms with E-state index < -0.39 is 5.97 Å². The van der Waals surface area contributed by atoms with Crippen molar-refractivity contribution in [1.82, 2.24) is 9.88 Å². The average molecular weight is 390 g/mol. The quantitative estimate of drug-likeness (QED) is 0.808. The number of carbonyl (C=O) groups is 2. The first kappa shape index (κ1) is 19.5. The van der Waals surface area contributed by atoms with Crippen LogP contribution in [0.5, 0.6) is 0 Å². The number of aromatic nitrogens is 1. The lowest BCUT2D eigenvalue weighted by molar-refractivity contribution is -0.137. The van der Waals surface area contributed by atoms with Gasteiger partial charge in [-0.15, -0.1) is 11.3 Å². The van der Waals surface area contributed by atoms with Crippen LogP contribution in [0.25, 0.3) is 0 Å². The molecule has 144 valence electrons. The lowest BCUT2D eigenvalue weighted by atomic mass is 9.97. The molecule has 1 unspecified atom stereocenters. The number of piperidine rings is 1. The van der Waals surface area contributed by atoms with Gasteiger partial charge in [0.15, 0.2) is 0 Å². The van der Waals surface area contributed by atoms with Crippen LogP contribution in [-0.2, 0) is 11.2 Å². The van der Waals surface area contributed by atoms with Crippen molar-refractivity contribution >= 4 is 23.2 Å². The Kier molecular flexibility index (Phi) is 6.21. The van der Waals surface area contributed by atoms with E-state index in [-0.39, 0.29) is 24.2 Å². The molecule has 1 amide bonds. The molecule has 0 saturated carbocycles. The molecular weight excluding hydrogens is 367 g/mol. The first-order chi connectivity index (χ1) is 12.9. The molecule has 0 spiro atoms. The van der Waals surface area contributed by atoms with Gasteiger partial charge in [-0.3, -0.25) is 9.59 Å². The smallest absolute Gasteiger partial charge is 0.303 e. The highest BCUT2D eigenvalue weighted by molar-refractivity contribution is 7.13. The number of hydrogen-bond acceptors (Lipinski definition) is 4. The molecule has 2 aromatic rings. The standard InChI is InChI=1S/C20H23FN2O3S/c1-13-19(27-17(22-13)12-14-5-7-15(21)8-6-14)20(26)23-11-3-2-4-16(23)9-10-18(24)25/h5-8,16H,2-4,9-12H2,1H3,(H,24,25). The summed E-state index contributed by atoms with van der Waals surface area (Å²) in [6.45, 7) is 2.49. The van der Waals surface area contributed by atoms with Crippen LogP contribution in [0.2, 0.25) is 0 Å². The maximum absolute atomic E-state index is 13.1. The van der Waals surface area contributed by atoms with Gasteiger partial charge >= 0.3 is 5.97 Å². The SMILES string of the molecule is Cc1nc(Cc2ccc(F)cc2)sc1C(=O)N1CCCCC1CCC(=O)O. The highest BCUT2D eigenvalue weighted by Gasteiger charge is 2.30. The lowest BCUT2D eigenvalue weighted by Gasteiger charge is -2.35. The minimum atomic E-state index is -0.830. The Labute approximate surface area is 161 Å². The summed E-state index contributed by atoms with van der Waals surface area (Å²) in [6, 6.07) is 6.26. The number of likely N-dealkylation sites (tertiary alicyclic amines) is 1. The number of carboxylic acids is 1. The number of aryl methyl sites for hydroxylation is 1. The fourth-order valence-corrected chi connectivity index (χ4v) is 4.55. The van der Waals surface area contributed by atoms with Gasteiger partial charge in [-0.05, 0) is 50.3 Å². The maximum atomic E-state index is 13.1. The van der Waals surface area contributed by atoms with E-state index in [0.717, 1.165) is 29.8 Å². The third-order valence-electron chi connectivity index (χ3n) is 4.88. The monoisotopic (exact) mass is 390 g/mol. The van der Waals surface area contributed by atoms with Crippen LogP contribution in [0.4, 0.5) is 4.39 Å². The number of nitrogens with zero attached hydrogens (tertiary/aromatic N) is 2. The minimum absolute atomic E-state index is 0.0237. The molecule has 1 aromatic heterocycles. The van der Waals surface area contributed by atoms with E-state index in [4.69, 9.17) is 5.11 Å². The molecule has 0 radical (unpaired) electrons. The molecule has 27 heavy (non-hydrogen) atoms. The first-order valence-corrected chi connectivity index (χ1v) is 9.99. The van der Waals surface area contributed by atoms with Gasteiger partial charge in [0.1, 0.15) is 10.7 Å². The van der Waals surface area contributed by atoms with Crippen molar-refractivity contribution in [3.05, 3.63) is 51.2 Å². The van der Waals surface area contributed by atoms with Crippen molar-refractivity contribution in [3.63, 3.8) is 0 Å². The molecule has 1 saturated heterocycles. The number of hydrogen-bond donors (Lipinski definition) is 1. The van der Waals surface area contributed by atoms with E-state index in [1.807, 2.05) is 11.8 Å². The van der Waals surface area contributed by atoms with E-state index >= 15 is 0 Å². The second kappa shape index (κ2) is 8.61. The van der Waals surface area contributed by atoms with Crippen LogP contribution in [0.1, 0.15) is 58.0 Å². The fraction of sp³-hybridized carbons (Fsp3) is 0.450. The number of thiazole rings is 1. The number of benzene rings is 1. The van der Waals surface area contributed by atoms with Crippen molar-refractivity contribution in [1.29, 1.82) is 0 Å². The average Bonchev–Trinajstić information content (AvgIpc) is 3.01. The zero-order valence-corrected chi connectivity index (χ0v) is 16.1. The van der Waals surface area contributed by atoms with Crippen molar-refractivity contribution in [3.8, 4) is 0 Å². The molecule has 1 aliphatic heterocycles. The normalized spacial score (nSPS) is 17.1. The number of amides is 1. The Morgan fingerprint density at radius 2 is 2.04 bits per heavy atom. The Morgan fingerprint density at radius 1 is 1.30 bits per heavy atom. The highest BCUT2D eigenvalue weighted by Crippen LogP contribution is 2.27. The van der Waals surface area contributed by atoms with Gasteiger partial charge in [0.05, 0.1) is 10.7 Å². The topological polar surface area (TPSA) is 70.5 Å². The molecule has 5 nitrogen and oxygen atoms in total. The molecule has 1 atom stereocenters. The number of halogens is 1. The summed E-state index contributed by atoms with van der Waals surface area (Å²) in [5.74, 6) is -1.16. The molecule has 0 aliphatic carbocycles. The predicted molar refractivity (Wildman–Crippen MR) is 102 cm³/mol. The molecule has 3 rings (SSSR count). The Balaban J connectivity index is 1.74. The van der Waals surface area contributed by atoms with E-state index in [1.54, 1.807) is 12.1 Å². The van der Waals surface area contributed by atoms with Crippen LogP contribution in [0.15, 0.2) is 24.3 Å². The summed E-state index contributed by atoms with van der Waals surface area (Å²) in [7, 11) is 0. The largest absolute Gasteiger partial charge is 0.481 e. The molecule has 1 aliphatic rings. The summed E-state index contributed by atoms with van der Waals surface area (Å²) in [4.78, 5) is 31.0. The van der Waals surface area contributed by atoms with Crippen molar-refractivity contribution < 1.29 is 19.1 Å². The van der Waals surface area contributed by atoms with Crippen molar-refractivity contribution in [2.75, 3.05) is 6.54 Å². The van der Waals surface area contributed by atoms with Crippen LogP contribution in [0.3, 0.4) is 0 Å². The Morgan fingerprint density at radius 3 is 2.74 bits per heavy atom.